The van der Waals surface area contributed by atoms with E-state index in [9.17, 15) is 0 Å². The van der Waals surface area contributed by atoms with Gasteiger partial charge in [-0.2, -0.15) is 0 Å². The van der Waals surface area contributed by atoms with Gasteiger partial charge in [0.15, 0.2) is 11.4 Å². The Hall–Kier alpha value is -4.15. The predicted molar refractivity (Wildman–Crippen MR) is 268 cm³/mol. The van der Waals surface area contributed by atoms with Crippen LogP contribution < -0.4 is 21.5 Å². The summed E-state index contributed by atoms with van der Waals surface area (Å²) < 4.78 is 56.8. The Morgan fingerprint density at radius 2 is 1.29 bits per heavy atom. The van der Waals surface area contributed by atoms with Crippen LogP contribution in [0.25, 0.3) is 89.7 Å². The third kappa shape index (κ3) is 5.96. The smallest absolute Gasteiger partial charge is 0.229 e. The molecule has 8 aromatic rings. The molecule has 4 aromatic carbocycles. The van der Waals surface area contributed by atoms with E-state index >= 15 is 13.2 Å². The molecule has 288 valence electrons. The monoisotopic (exact) mass is 1040 g/mol. The van der Waals surface area contributed by atoms with Gasteiger partial charge in [-0.15, -0.1) is 18.5 Å². The average molecular weight is 1040 g/mol. The van der Waals surface area contributed by atoms with Crippen molar-refractivity contribution in [1.82, 2.24) is 15.0 Å². The van der Waals surface area contributed by atoms with Crippen molar-refractivity contribution in [2.45, 2.75) is 20.3 Å². The minimum absolute atomic E-state index is 0.0691. The molecule has 2 unspecified atom stereocenters. The fourth-order valence-corrected chi connectivity index (χ4v) is 11.9. The first kappa shape index (κ1) is 39.0. The second-order valence-electron chi connectivity index (χ2n) is 15.2. The van der Waals surface area contributed by atoms with E-state index in [4.69, 9.17) is 9.40 Å². The lowest BCUT2D eigenvalue weighted by Gasteiger charge is -2.13. The number of furan rings is 1. The van der Waals surface area contributed by atoms with Crippen LogP contribution in [0.15, 0.2) is 77.2 Å². The van der Waals surface area contributed by atoms with Crippen molar-refractivity contribution >= 4 is 157 Å². The van der Waals surface area contributed by atoms with Gasteiger partial charge in [-0.3, -0.25) is 0 Å². The van der Waals surface area contributed by atoms with Gasteiger partial charge in [0.2, 0.25) is 5.71 Å². The van der Waals surface area contributed by atoms with Gasteiger partial charge in [0.05, 0.1) is 16.6 Å². The van der Waals surface area contributed by atoms with Gasteiger partial charge in [0, 0.05) is 73.9 Å². The zero-order chi connectivity index (χ0) is 41.2. The Bertz CT molecular complexity index is 3390. The predicted octanol–water partition coefficient (Wildman–Crippen LogP) is 9.34. The van der Waals surface area contributed by atoms with E-state index in [2.05, 4.69) is 136 Å². The van der Waals surface area contributed by atoms with Crippen molar-refractivity contribution < 1.29 is 17.6 Å². The second kappa shape index (κ2) is 14.5. The van der Waals surface area contributed by atoms with Crippen molar-refractivity contribution in [2.24, 2.45) is 0 Å². The summed E-state index contributed by atoms with van der Waals surface area (Å²) in [4.78, 5) is 12.7. The van der Waals surface area contributed by atoms with Crippen molar-refractivity contribution in [3.63, 3.8) is 0 Å². The highest BCUT2D eigenvalue weighted by atomic mass is 127. The third-order valence-corrected chi connectivity index (χ3v) is 14.9. The highest BCUT2D eigenvalue weighted by Gasteiger charge is 2.30. The number of aromatic amines is 2. The molecule has 2 aliphatic rings. The quantitative estimate of drug-likeness (QED) is 0.103. The Balaban J connectivity index is 1.49. The summed E-state index contributed by atoms with van der Waals surface area (Å²) in [5, 5.41) is 1.67. The van der Waals surface area contributed by atoms with Crippen molar-refractivity contribution in [3.8, 4) is 33.4 Å². The van der Waals surface area contributed by atoms with Gasteiger partial charge in [0.1, 0.15) is 27.3 Å². The number of hydrogen-bond donors (Lipinski definition) is 2. The van der Waals surface area contributed by atoms with Crippen LogP contribution in [-0.2, 0) is 6.42 Å². The molecule has 6 bridgehead atoms. The summed E-state index contributed by atoms with van der Waals surface area (Å²) in [6, 6.07) is 24.8. The van der Waals surface area contributed by atoms with Gasteiger partial charge in [-0.1, -0.05) is 47.9 Å². The molecule has 0 radical (unpaired) electrons. The summed E-state index contributed by atoms with van der Waals surface area (Å²) in [7, 11) is 8.92. The van der Waals surface area contributed by atoms with E-state index in [1.807, 2.05) is 37.3 Å². The lowest BCUT2D eigenvalue weighted by atomic mass is 9.86. The standard InChI is InChI=1S/C46H32B2F3I2N3OP2/c1-18-23-17-31-36(34(23)45(59)42(51)44(18)58)29-14-13-28(55-29)33(35-25(52)8-5-9-26(35)53)21-11-10-20(16-21)32(22-6-3-4-7-24(22)47)27-12-15-30(54-27)37-38-39(48)40(49)19(2)41(50)43(38)57-46(37)56-31/h3-16,54-55H,17,47-48,58-59H2,1-2H3. The third-order valence-electron chi connectivity index (χ3n) is 11.9. The highest BCUT2D eigenvalue weighted by Crippen LogP contribution is 2.44. The molecule has 0 spiro atoms. The lowest BCUT2D eigenvalue weighted by molar-refractivity contribution is 0.551. The van der Waals surface area contributed by atoms with Gasteiger partial charge in [0.25, 0.3) is 0 Å². The lowest BCUT2D eigenvalue weighted by Crippen LogP contribution is -2.18. The number of benzene rings is 4. The number of hydrogen-bond acceptors (Lipinski definition) is 2. The zero-order valence-electron chi connectivity index (χ0n) is 32.2. The first-order valence-corrected chi connectivity index (χ1v) is 22.3. The molecule has 10 rings (SSSR count). The molecule has 2 atom stereocenters. The molecule has 4 aromatic heterocycles. The molecule has 4 heterocycles. The van der Waals surface area contributed by atoms with E-state index < -0.39 is 11.6 Å². The van der Waals surface area contributed by atoms with Gasteiger partial charge < -0.3 is 14.4 Å². The Kier molecular flexibility index (Phi) is 9.59. The summed E-state index contributed by atoms with van der Waals surface area (Å²) in [6.45, 7) is 3.34. The van der Waals surface area contributed by atoms with Crippen LogP contribution in [0, 0.1) is 38.4 Å². The number of halogens is 5. The minimum atomic E-state index is -0.774. The molecule has 13 heteroatoms. The van der Waals surface area contributed by atoms with E-state index in [0.29, 0.717) is 44.6 Å². The van der Waals surface area contributed by atoms with E-state index in [-0.39, 0.29) is 28.1 Å². The fraction of sp³-hybridized carbons (Fsp3) is 0.0652. The maximum Gasteiger partial charge on any atom is 0.229 e. The van der Waals surface area contributed by atoms with E-state index in [1.54, 1.807) is 7.85 Å². The van der Waals surface area contributed by atoms with Crippen LogP contribution in [0.4, 0.5) is 13.2 Å². The molecule has 0 saturated heterocycles. The molecule has 0 fully saturated rings. The molecule has 4 nitrogen and oxygen atoms in total. The van der Waals surface area contributed by atoms with Crippen LogP contribution >= 0.6 is 63.7 Å². The van der Waals surface area contributed by atoms with Crippen LogP contribution in [0.3, 0.4) is 0 Å². The summed E-state index contributed by atoms with van der Waals surface area (Å²) in [6.07, 6.45) is 4.67. The molecule has 59 heavy (non-hydrogen) atoms. The number of nitrogens with one attached hydrogen (secondary N) is 2. The van der Waals surface area contributed by atoms with Crippen LogP contribution in [-0.4, -0.2) is 30.6 Å². The van der Waals surface area contributed by atoms with Crippen molar-refractivity contribution in [3.05, 3.63) is 131 Å². The van der Waals surface area contributed by atoms with Gasteiger partial charge >= 0.3 is 0 Å². The van der Waals surface area contributed by atoms with E-state index in [1.165, 1.54) is 6.92 Å². The molecule has 0 amide bonds. The molecular formula is C46H32B2F3I2N3OP2. The highest BCUT2D eigenvalue weighted by molar-refractivity contribution is 14.1. The topological polar surface area (TPSA) is 57.6 Å². The summed E-state index contributed by atoms with van der Waals surface area (Å²) in [5.41, 5.74) is 14.3. The maximum atomic E-state index is 16.2. The van der Waals surface area contributed by atoms with Crippen molar-refractivity contribution in [2.75, 3.05) is 0 Å². The van der Waals surface area contributed by atoms with E-state index in [0.717, 1.165) is 79.2 Å². The van der Waals surface area contributed by atoms with Gasteiger partial charge in [-0.05, 0) is 140 Å². The first-order chi connectivity index (χ1) is 28.3. The molecule has 0 saturated carbocycles. The molecule has 2 aliphatic carbocycles. The van der Waals surface area contributed by atoms with Gasteiger partial charge in [-0.25, -0.2) is 18.2 Å². The molecular weight excluding hydrogens is 1000 g/mol. The van der Waals surface area contributed by atoms with Crippen molar-refractivity contribution in [1.29, 1.82) is 0 Å². The summed E-state index contributed by atoms with van der Waals surface area (Å²) in [5.74, 6) is -1.74. The Morgan fingerprint density at radius 1 is 0.661 bits per heavy atom. The molecule has 0 aliphatic heterocycles. The van der Waals surface area contributed by atoms with Crippen LogP contribution in [0.2, 0.25) is 0 Å². The largest absolute Gasteiger partial charge is 0.435 e. The Morgan fingerprint density at radius 3 is 2.00 bits per heavy atom. The normalized spacial score (nSPS) is 12.5. The number of fused-ring (bicyclic) bond motifs is 14. The maximum absolute atomic E-state index is 16.2. The minimum Gasteiger partial charge on any atom is -0.435 e. The number of H-pyrrole nitrogens is 2. The Labute approximate surface area is 371 Å². The zero-order valence-corrected chi connectivity index (χ0v) is 38.8. The number of aromatic nitrogens is 3. The summed E-state index contributed by atoms with van der Waals surface area (Å²) >= 11 is 4.82. The second-order valence-corrected chi connectivity index (χ2v) is 18.7. The molecule has 2 N–H and O–H groups in total. The van der Waals surface area contributed by atoms with Crippen LogP contribution in [0.1, 0.15) is 33.5 Å². The SMILES string of the molecule is Bc1ccccc1-c1c2cc(c(-c3c(I)cccc3I)c3ccc([nH]3)c3c(nc4oc5c(F)c(C)c(F)c(B)c5c4c4ccc1[nH]4)Cc1c(C)c(P)c(F)c(P)c1-3)C=C2. The number of nitrogens with zero attached hydrogens (tertiary/aromatic N) is 1. The number of rotatable bonds is 2. The fourth-order valence-electron chi connectivity index (χ4n) is 8.87. The average Bonchev–Trinajstić information content (AvgIpc) is 4.07. The van der Waals surface area contributed by atoms with Crippen LogP contribution in [0.5, 0.6) is 0 Å². The first-order valence-electron chi connectivity index (χ1n) is 19.0.